The lowest BCUT2D eigenvalue weighted by molar-refractivity contribution is -0.146. The van der Waals surface area contributed by atoms with Crippen LogP contribution in [0.5, 0.6) is 0 Å². The number of hydrogen-bond donors (Lipinski definition) is 3. The predicted octanol–water partition coefficient (Wildman–Crippen LogP) is 5.28. The van der Waals surface area contributed by atoms with E-state index >= 15 is 0 Å². The molecule has 0 saturated carbocycles. The van der Waals surface area contributed by atoms with Crippen LogP contribution in [0.25, 0.3) is 0 Å². The van der Waals surface area contributed by atoms with Gasteiger partial charge in [-0.1, -0.05) is 96.8 Å². The molecule has 0 bridgehead atoms. The largest absolute Gasteiger partial charge is 0.481 e. The van der Waals surface area contributed by atoms with Crippen LogP contribution in [0.4, 0.5) is 0 Å². The minimum absolute atomic E-state index is 0.0759. The van der Waals surface area contributed by atoms with E-state index in [1.54, 1.807) is 0 Å². The summed E-state index contributed by atoms with van der Waals surface area (Å²) >= 11 is 0. The number of aliphatic carboxylic acids is 1. The van der Waals surface area contributed by atoms with Crippen LogP contribution < -0.4 is 10.6 Å². The zero-order chi connectivity index (χ0) is 26.3. The maximum atomic E-state index is 12.3. The fraction of sp³-hybridized carbons (Fsp3) is 0.852. The van der Waals surface area contributed by atoms with Gasteiger partial charge in [0.05, 0.1) is 7.11 Å². The number of rotatable bonds is 23. The molecule has 0 heterocycles. The van der Waals surface area contributed by atoms with Crippen LogP contribution in [0.15, 0.2) is 0 Å². The molecule has 8 heteroatoms. The highest BCUT2D eigenvalue weighted by molar-refractivity contribution is 5.90. The summed E-state index contributed by atoms with van der Waals surface area (Å²) in [6.07, 6.45) is 18.9. The molecule has 0 fully saturated rings. The Morgan fingerprint density at radius 2 is 1.17 bits per heavy atom. The molecule has 0 aliphatic carbocycles. The van der Waals surface area contributed by atoms with Crippen molar-refractivity contribution >= 4 is 23.8 Å². The van der Waals surface area contributed by atoms with Crippen LogP contribution in [0.1, 0.15) is 129 Å². The standard InChI is InChI=1S/C27H50N2O6/c1-4-5-6-7-8-9-10-11-12-13-14-15-16-17-18-19-24(30)28-22(2)26(33)29-23(27(34)35-3)20-21-25(31)32/h22-23H,4-21H2,1-3H3,(H,28,30)(H,29,33)(H,31,32)/t22-,23-/m1/s1. The Kier molecular flexibility index (Phi) is 21.0. The number of carbonyl (C=O) groups excluding carboxylic acids is 3. The second kappa shape index (κ2) is 22.4. The van der Waals surface area contributed by atoms with E-state index in [2.05, 4.69) is 22.3 Å². The molecule has 8 nitrogen and oxygen atoms in total. The molecule has 0 aliphatic rings. The molecular weight excluding hydrogens is 448 g/mol. The molecule has 0 aliphatic heterocycles. The van der Waals surface area contributed by atoms with Gasteiger partial charge in [0.2, 0.25) is 11.8 Å². The molecule has 0 aromatic heterocycles. The first-order chi connectivity index (χ1) is 16.8. The number of carboxylic acid groups (broad SMARTS) is 1. The smallest absolute Gasteiger partial charge is 0.328 e. The highest BCUT2D eigenvalue weighted by Gasteiger charge is 2.25. The minimum atomic E-state index is -1.07. The van der Waals surface area contributed by atoms with E-state index in [0.29, 0.717) is 6.42 Å². The first-order valence-corrected chi connectivity index (χ1v) is 13.7. The average molecular weight is 499 g/mol. The number of unbranched alkanes of at least 4 members (excludes halogenated alkanes) is 14. The maximum Gasteiger partial charge on any atom is 0.328 e. The van der Waals surface area contributed by atoms with Gasteiger partial charge in [0, 0.05) is 12.8 Å². The Balaban J connectivity index is 3.79. The van der Waals surface area contributed by atoms with Gasteiger partial charge in [-0.2, -0.15) is 0 Å². The van der Waals surface area contributed by atoms with Crippen molar-refractivity contribution < 1.29 is 29.0 Å². The molecule has 0 spiro atoms. The quantitative estimate of drug-likeness (QED) is 0.130. The molecule has 0 radical (unpaired) electrons. The molecule has 204 valence electrons. The van der Waals surface area contributed by atoms with Crippen molar-refractivity contribution in [3.05, 3.63) is 0 Å². The molecule has 2 atom stereocenters. The van der Waals surface area contributed by atoms with E-state index in [1.165, 1.54) is 91.1 Å². The second-order valence-corrected chi connectivity index (χ2v) is 9.51. The van der Waals surface area contributed by atoms with Crippen LogP contribution in [0.2, 0.25) is 0 Å². The van der Waals surface area contributed by atoms with E-state index in [1.807, 2.05) is 0 Å². The fourth-order valence-corrected chi connectivity index (χ4v) is 3.99. The zero-order valence-corrected chi connectivity index (χ0v) is 22.4. The highest BCUT2D eigenvalue weighted by Crippen LogP contribution is 2.13. The Bertz CT molecular complexity index is 596. The zero-order valence-electron chi connectivity index (χ0n) is 22.4. The Labute approximate surface area is 212 Å². The summed E-state index contributed by atoms with van der Waals surface area (Å²) in [5.74, 6) is -2.54. The van der Waals surface area contributed by atoms with Gasteiger partial charge in [-0.3, -0.25) is 14.4 Å². The summed E-state index contributed by atoms with van der Waals surface area (Å²) in [5.41, 5.74) is 0. The summed E-state index contributed by atoms with van der Waals surface area (Å²) in [7, 11) is 1.17. The van der Waals surface area contributed by atoms with Gasteiger partial charge >= 0.3 is 11.9 Å². The molecule has 0 aromatic carbocycles. The third kappa shape index (κ3) is 19.8. The summed E-state index contributed by atoms with van der Waals surface area (Å²) in [4.78, 5) is 46.9. The number of nitrogens with one attached hydrogen (secondary N) is 2. The van der Waals surface area contributed by atoms with Gasteiger partial charge in [0.25, 0.3) is 0 Å². The normalized spacial score (nSPS) is 12.5. The summed E-state index contributed by atoms with van der Waals surface area (Å²) in [5, 5.41) is 13.9. The predicted molar refractivity (Wildman–Crippen MR) is 138 cm³/mol. The van der Waals surface area contributed by atoms with Crippen molar-refractivity contribution in [1.82, 2.24) is 10.6 Å². The summed E-state index contributed by atoms with van der Waals surface area (Å²) in [6, 6.07) is -1.88. The molecule has 3 N–H and O–H groups in total. The SMILES string of the molecule is CCCCCCCCCCCCCCCCCC(=O)N[C@H](C)C(=O)N[C@H](CCC(=O)O)C(=O)OC. The first kappa shape index (κ1) is 32.9. The van der Waals surface area contributed by atoms with Crippen molar-refractivity contribution in [2.75, 3.05) is 7.11 Å². The molecule has 0 unspecified atom stereocenters. The van der Waals surface area contributed by atoms with Crippen molar-refractivity contribution in [2.24, 2.45) is 0 Å². The number of carbonyl (C=O) groups is 4. The lowest BCUT2D eigenvalue weighted by Crippen LogP contribution is -2.50. The Morgan fingerprint density at radius 1 is 0.714 bits per heavy atom. The van der Waals surface area contributed by atoms with Crippen LogP contribution in [-0.2, 0) is 23.9 Å². The fourth-order valence-electron chi connectivity index (χ4n) is 3.99. The van der Waals surface area contributed by atoms with E-state index in [0.717, 1.165) is 19.3 Å². The van der Waals surface area contributed by atoms with E-state index < -0.39 is 29.9 Å². The van der Waals surface area contributed by atoms with Crippen molar-refractivity contribution in [3.8, 4) is 0 Å². The highest BCUT2D eigenvalue weighted by atomic mass is 16.5. The lowest BCUT2D eigenvalue weighted by Gasteiger charge is -2.19. The van der Waals surface area contributed by atoms with Gasteiger partial charge < -0.3 is 20.5 Å². The van der Waals surface area contributed by atoms with Crippen LogP contribution in [0.3, 0.4) is 0 Å². The minimum Gasteiger partial charge on any atom is -0.481 e. The molecule has 0 rings (SSSR count). The molecule has 2 amide bonds. The van der Waals surface area contributed by atoms with Crippen molar-refractivity contribution in [2.45, 2.75) is 142 Å². The van der Waals surface area contributed by atoms with Crippen LogP contribution in [0, 0.1) is 0 Å². The van der Waals surface area contributed by atoms with E-state index in [9.17, 15) is 19.2 Å². The average Bonchev–Trinajstić information content (AvgIpc) is 2.83. The van der Waals surface area contributed by atoms with Gasteiger partial charge in [0.15, 0.2) is 0 Å². The number of esters is 1. The van der Waals surface area contributed by atoms with Crippen molar-refractivity contribution in [3.63, 3.8) is 0 Å². The Morgan fingerprint density at radius 3 is 1.60 bits per heavy atom. The van der Waals surface area contributed by atoms with Gasteiger partial charge in [-0.25, -0.2) is 4.79 Å². The number of amides is 2. The monoisotopic (exact) mass is 498 g/mol. The van der Waals surface area contributed by atoms with Crippen molar-refractivity contribution in [1.29, 1.82) is 0 Å². The molecule has 0 saturated heterocycles. The summed E-state index contributed by atoms with van der Waals surface area (Å²) < 4.78 is 4.61. The first-order valence-electron chi connectivity index (χ1n) is 13.7. The molecule has 0 aromatic rings. The molecule has 35 heavy (non-hydrogen) atoms. The number of hydrogen-bond acceptors (Lipinski definition) is 5. The number of carboxylic acids is 1. The van der Waals surface area contributed by atoms with E-state index in [-0.39, 0.29) is 18.7 Å². The second-order valence-electron chi connectivity index (χ2n) is 9.51. The molecular formula is C27H50N2O6. The third-order valence-corrected chi connectivity index (χ3v) is 6.23. The topological polar surface area (TPSA) is 122 Å². The van der Waals surface area contributed by atoms with Gasteiger partial charge in [-0.05, 0) is 19.8 Å². The van der Waals surface area contributed by atoms with Gasteiger partial charge in [-0.15, -0.1) is 0 Å². The third-order valence-electron chi connectivity index (χ3n) is 6.23. The van der Waals surface area contributed by atoms with E-state index in [4.69, 9.17) is 5.11 Å². The van der Waals surface area contributed by atoms with Crippen LogP contribution in [-0.4, -0.2) is 48.1 Å². The Hall–Kier alpha value is -2.12. The number of methoxy groups -OCH3 is 1. The maximum absolute atomic E-state index is 12.3. The lowest BCUT2D eigenvalue weighted by atomic mass is 10.0. The summed E-state index contributed by atoms with van der Waals surface area (Å²) in [6.45, 7) is 3.78. The van der Waals surface area contributed by atoms with Gasteiger partial charge in [0.1, 0.15) is 12.1 Å². The van der Waals surface area contributed by atoms with Crippen LogP contribution >= 0.6 is 0 Å². The number of ether oxygens (including phenoxy) is 1.